The Morgan fingerprint density at radius 2 is 2.38 bits per heavy atom. The maximum Gasteiger partial charge on any atom is 0.267 e. The van der Waals surface area contributed by atoms with E-state index in [4.69, 9.17) is 4.42 Å². The summed E-state index contributed by atoms with van der Waals surface area (Å²) < 4.78 is 5.47. The summed E-state index contributed by atoms with van der Waals surface area (Å²) in [6, 6.07) is 8.28. The molecule has 3 aromatic heterocycles. The molecule has 0 radical (unpaired) electrons. The lowest BCUT2D eigenvalue weighted by atomic mass is 10.2. The Bertz CT molecular complexity index is 796. The van der Waals surface area contributed by atoms with E-state index in [1.54, 1.807) is 23.8 Å². The highest BCUT2D eigenvalue weighted by atomic mass is 32.1. The van der Waals surface area contributed by atoms with Crippen molar-refractivity contribution in [3.8, 4) is 0 Å². The van der Waals surface area contributed by atoms with E-state index in [2.05, 4.69) is 21.3 Å². The SMILES string of the molecule is O=C(Nc1nccs1)c1ccc(C2CCCN2Cc2ccco2)s1. The monoisotopic (exact) mass is 359 g/mol. The highest BCUT2D eigenvalue weighted by Crippen LogP contribution is 2.37. The van der Waals surface area contributed by atoms with Crippen LogP contribution in [0.5, 0.6) is 0 Å². The number of hydrogen-bond acceptors (Lipinski definition) is 6. The predicted octanol–water partition coefficient (Wildman–Crippen LogP) is 4.39. The largest absolute Gasteiger partial charge is 0.468 e. The molecule has 4 rings (SSSR count). The van der Waals surface area contributed by atoms with Gasteiger partial charge in [-0.15, -0.1) is 22.7 Å². The summed E-state index contributed by atoms with van der Waals surface area (Å²) in [7, 11) is 0. The number of rotatable bonds is 5. The maximum atomic E-state index is 12.3. The van der Waals surface area contributed by atoms with Crippen LogP contribution in [0.15, 0.2) is 46.5 Å². The molecule has 0 spiro atoms. The van der Waals surface area contributed by atoms with E-state index in [-0.39, 0.29) is 5.91 Å². The van der Waals surface area contributed by atoms with Crippen molar-refractivity contribution in [2.75, 3.05) is 11.9 Å². The molecule has 1 N–H and O–H groups in total. The summed E-state index contributed by atoms with van der Waals surface area (Å²) in [5.41, 5.74) is 0. The van der Waals surface area contributed by atoms with Crippen LogP contribution in [-0.2, 0) is 6.54 Å². The van der Waals surface area contributed by atoms with Crippen LogP contribution in [0.4, 0.5) is 5.13 Å². The molecule has 1 saturated heterocycles. The van der Waals surface area contributed by atoms with Crippen molar-refractivity contribution < 1.29 is 9.21 Å². The van der Waals surface area contributed by atoms with Gasteiger partial charge in [0.15, 0.2) is 5.13 Å². The Morgan fingerprint density at radius 1 is 1.42 bits per heavy atom. The minimum atomic E-state index is -0.0863. The molecule has 4 heterocycles. The summed E-state index contributed by atoms with van der Waals surface area (Å²) in [5.74, 6) is 0.900. The first-order valence-corrected chi connectivity index (χ1v) is 9.56. The number of anilines is 1. The number of furan rings is 1. The molecule has 5 nitrogen and oxygen atoms in total. The van der Waals surface area contributed by atoms with Crippen molar-refractivity contribution in [3.63, 3.8) is 0 Å². The van der Waals surface area contributed by atoms with Gasteiger partial charge in [0.05, 0.1) is 17.7 Å². The number of thiophene rings is 1. The molecule has 1 atom stereocenters. The zero-order valence-electron chi connectivity index (χ0n) is 13.0. The van der Waals surface area contributed by atoms with Crippen LogP contribution in [0.3, 0.4) is 0 Å². The summed E-state index contributed by atoms with van der Waals surface area (Å²) in [6.45, 7) is 1.88. The van der Waals surface area contributed by atoms with Crippen LogP contribution >= 0.6 is 22.7 Å². The predicted molar refractivity (Wildman–Crippen MR) is 95.5 cm³/mol. The molecule has 1 aliphatic heterocycles. The third-order valence-corrected chi connectivity index (χ3v) is 6.01. The normalized spacial score (nSPS) is 18.1. The molecule has 0 bridgehead atoms. The first-order chi connectivity index (χ1) is 11.8. The molecular weight excluding hydrogens is 342 g/mol. The number of aromatic nitrogens is 1. The van der Waals surface area contributed by atoms with Crippen molar-refractivity contribution in [3.05, 3.63) is 57.6 Å². The van der Waals surface area contributed by atoms with E-state index in [1.165, 1.54) is 22.6 Å². The fourth-order valence-corrected chi connectivity index (χ4v) is 4.63. The number of likely N-dealkylation sites (tertiary alicyclic amines) is 1. The van der Waals surface area contributed by atoms with Crippen LogP contribution < -0.4 is 5.32 Å². The number of amides is 1. The van der Waals surface area contributed by atoms with Gasteiger partial charge in [-0.2, -0.15) is 0 Å². The van der Waals surface area contributed by atoms with Gasteiger partial charge in [0, 0.05) is 22.5 Å². The Morgan fingerprint density at radius 3 is 3.17 bits per heavy atom. The first kappa shape index (κ1) is 15.6. The van der Waals surface area contributed by atoms with Gasteiger partial charge in [-0.25, -0.2) is 4.98 Å². The summed E-state index contributed by atoms with van der Waals surface area (Å²) >= 11 is 2.99. The van der Waals surface area contributed by atoms with Gasteiger partial charge in [0.2, 0.25) is 0 Å². The van der Waals surface area contributed by atoms with Crippen molar-refractivity contribution in [2.45, 2.75) is 25.4 Å². The van der Waals surface area contributed by atoms with E-state index < -0.39 is 0 Å². The second kappa shape index (κ2) is 6.88. The van der Waals surface area contributed by atoms with E-state index in [0.29, 0.717) is 11.2 Å². The lowest BCUT2D eigenvalue weighted by Crippen LogP contribution is -2.21. The average Bonchev–Trinajstić information content (AvgIpc) is 3.36. The Kier molecular flexibility index (Phi) is 4.46. The third kappa shape index (κ3) is 3.28. The molecule has 124 valence electrons. The molecule has 0 aromatic carbocycles. The van der Waals surface area contributed by atoms with E-state index >= 15 is 0 Å². The van der Waals surface area contributed by atoms with Gasteiger partial charge in [0.1, 0.15) is 5.76 Å². The van der Waals surface area contributed by atoms with Gasteiger partial charge in [-0.1, -0.05) is 0 Å². The highest BCUT2D eigenvalue weighted by Gasteiger charge is 2.28. The number of nitrogens with one attached hydrogen (secondary N) is 1. The van der Waals surface area contributed by atoms with Crippen LogP contribution in [0.2, 0.25) is 0 Å². The zero-order valence-corrected chi connectivity index (χ0v) is 14.6. The average molecular weight is 359 g/mol. The molecular formula is C17H17N3O2S2. The second-order valence-electron chi connectivity index (χ2n) is 5.70. The van der Waals surface area contributed by atoms with Crippen molar-refractivity contribution in [1.82, 2.24) is 9.88 Å². The number of thiazole rings is 1. The summed E-state index contributed by atoms with van der Waals surface area (Å²) in [4.78, 5) is 20.8. The fraction of sp³-hybridized carbons (Fsp3) is 0.294. The van der Waals surface area contributed by atoms with Crippen LogP contribution in [0, 0.1) is 0 Å². The number of carbonyl (C=O) groups excluding carboxylic acids is 1. The topological polar surface area (TPSA) is 58.4 Å². The minimum Gasteiger partial charge on any atom is -0.468 e. The van der Waals surface area contributed by atoms with Gasteiger partial charge in [-0.3, -0.25) is 15.0 Å². The molecule has 3 aromatic rings. The number of carbonyl (C=O) groups is 1. The van der Waals surface area contributed by atoms with Gasteiger partial charge >= 0.3 is 0 Å². The van der Waals surface area contributed by atoms with Crippen molar-refractivity contribution in [2.24, 2.45) is 0 Å². The van der Waals surface area contributed by atoms with Gasteiger partial charge in [-0.05, 0) is 43.7 Å². The molecule has 1 fully saturated rings. The quantitative estimate of drug-likeness (QED) is 0.734. The van der Waals surface area contributed by atoms with Crippen LogP contribution in [0.1, 0.15) is 39.2 Å². The first-order valence-electron chi connectivity index (χ1n) is 7.86. The summed E-state index contributed by atoms with van der Waals surface area (Å²) in [6.07, 6.45) is 5.69. The molecule has 7 heteroatoms. The van der Waals surface area contributed by atoms with Crippen LogP contribution in [0.25, 0.3) is 0 Å². The minimum absolute atomic E-state index is 0.0863. The molecule has 24 heavy (non-hydrogen) atoms. The molecule has 0 aliphatic carbocycles. The van der Waals surface area contributed by atoms with Crippen molar-refractivity contribution in [1.29, 1.82) is 0 Å². The zero-order chi connectivity index (χ0) is 16.4. The van der Waals surface area contributed by atoms with Gasteiger partial charge < -0.3 is 4.42 Å². The Hall–Kier alpha value is -1.96. The molecule has 0 saturated carbocycles. The highest BCUT2D eigenvalue weighted by molar-refractivity contribution is 7.15. The van der Waals surface area contributed by atoms with E-state index in [9.17, 15) is 4.79 Å². The lowest BCUT2D eigenvalue weighted by molar-refractivity contribution is 0.103. The Balaban J connectivity index is 1.46. The standard InChI is InChI=1S/C17H17N3O2S2/c21-16(19-17-18-7-10-23-17)15-6-5-14(24-15)13-4-1-8-20(13)11-12-3-2-9-22-12/h2-3,5-7,9-10,13H,1,4,8,11H2,(H,18,19,21). The Labute approximate surface area is 147 Å². The maximum absolute atomic E-state index is 12.3. The smallest absolute Gasteiger partial charge is 0.267 e. The van der Waals surface area contributed by atoms with E-state index in [0.717, 1.165) is 30.1 Å². The van der Waals surface area contributed by atoms with Gasteiger partial charge in [0.25, 0.3) is 5.91 Å². The van der Waals surface area contributed by atoms with Crippen molar-refractivity contribution >= 4 is 33.7 Å². The van der Waals surface area contributed by atoms with Crippen LogP contribution in [-0.4, -0.2) is 22.3 Å². The molecule has 1 aliphatic rings. The fourth-order valence-electron chi connectivity index (χ4n) is 3.04. The summed E-state index contributed by atoms with van der Waals surface area (Å²) in [5, 5.41) is 5.32. The van der Waals surface area contributed by atoms with E-state index in [1.807, 2.05) is 23.6 Å². The number of hydrogen-bond donors (Lipinski definition) is 1. The number of nitrogens with zero attached hydrogens (tertiary/aromatic N) is 2. The third-order valence-electron chi connectivity index (χ3n) is 4.13. The lowest BCUT2D eigenvalue weighted by Gasteiger charge is -2.22. The molecule has 1 amide bonds. The second-order valence-corrected chi connectivity index (χ2v) is 7.71. The molecule has 1 unspecified atom stereocenters.